The molecule has 2 rings (SSSR count). The van der Waals surface area contributed by atoms with Gasteiger partial charge in [0.05, 0.1) is 11.8 Å². The first-order valence-electron chi connectivity index (χ1n) is 4.73. The number of carbonyl (C=O) groups excluding carboxylic acids is 1. The van der Waals surface area contributed by atoms with Crippen molar-refractivity contribution in [2.75, 3.05) is 0 Å². The molecule has 2 aromatic heterocycles. The number of aryl methyl sites for hydroxylation is 3. The summed E-state index contributed by atoms with van der Waals surface area (Å²) in [6, 6.07) is 0. The van der Waals surface area contributed by atoms with Crippen molar-refractivity contribution >= 4 is 6.29 Å². The van der Waals surface area contributed by atoms with Crippen molar-refractivity contribution in [2.45, 2.75) is 13.0 Å². The zero-order valence-corrected chi connectivity index (χ0v) is 8.50. The number of hydrogen-bond donors (Lipinski definition) is 0. The molecule has 0 amide bonds. The molecular formula is C10H12N4O. The standard InChI is InChI=1S/C10H12N4O/c1-13-5-3-11-10(13)2-4-14-7-9(8-15)6-12-14/h3,5-8H,2,4H2,1H3. The van der Waals surface area contributed by atoms with Crippen molar-refractivity contribution < 1.29 is 4.79 Å². The van der Waals surface area contributed by atoms with Gasteiger partial charge in [0.25, 0.3) is 0 Å². The first-order chi connectivity index (χ1) is 7.29. The van der Waals surface area contributed by atoms with Crippen LogP contribution in [0, 0.1) is 0 Å². The minimum atomic E-state index is 0.606. The van der Waals surface area contributed by atoms with E-state index >= 15 is 0 Å². The van der Waals surface area contributed by atoms with Gasteiger partial charge in [0.15, 0.2) is 6.29 Å². The zero-order chi connectivity index (χ0) is 10.7. The van der Waals surface area contributed by atoms with E-state index in [1.807, 2.05) is 17.8 Å². The van der Waals surface area contributed by atoms with Crippen LogP contribution in [0.1, 0.15) is 16.2 Å². The summed E-state index contributed by atoms with van der Waals surface area (Å²) < 4.78 is 3.72. The first kappa shape index (κ1) is 9.64. The number of aromatic nitrogens is 4. The fraction of sp³-hybridized carbons (Fsp3) is 0.300. The van der Waals surface area contributed by atoms with Gasteiger partial charge in [-0.25, -0.2) is 4.98 Å². The number of hydrogen-bond acceptors (Lipinski definition) is 3. The van der Waals surface area contributed by atoms with Gasteiger partial charge in [0, 0.05) is 38.6 Å². The number of nitrogens with zero attached hydrogens (tertiary/aromatic N) is 4. The van der Waals surface area contributed by atoms with E-state index in [-0.39, 0.29) is 0 Å². The Morgan fingerprint density at radius 2 is 2.40 bits per heavy atom. The number of aldehydes is 1. The van der Waals surface area contributed by atoms with E-state index < -0.39 is 0 Å². The largest absolute Gasteiger partial charge is 0.338 e. The Morgan fingerprint density at radius 3 is 3.00 bits per heavy atom. The normalized spacial score (nSPS) is 10.5. The third kappa shape index (κ3) is 2.12. The van der Waals surface area contributed by atoms with Gasteiger partial charge in [0.1, 0.15) is 5.82 Å². The molecule has 5 nitrogen and oxygen atoms in total. The minimum Gasteiger partial charge on any atom is -0.338 e. The molecule has 0 N–H and O–H groups in total. The van der Waals surface area contributed by atoms with Crippen LogP contribution in [0.5, 0.6) is 0 Å². The lowest BCUT2D eigenvalue weighted by Gasteiger charge is -2.01. The molecule has 0 spiro atoms. The SMILES string of the molecule is Cn1ccnc1CCn1cc(C=O)cn1. The molecule has 2 aromatic rings. The van der Waals surface area contributed by atoms with Crippen LogP contribution in [0.2, 0.25) is 0 Å². The van der Waals surface area contributed by atoms with Crippen LogP contribution in [0.25, 0.3) is 0 Å². The van der Waals surface area contributed by atoms with Gasteiger partial charge in [-0.3, -0.25) is 9.48 Å². The molecule has 0 radical (unpaired) electrons. The smallest absolute Gasteiger partial charge is 0.153 e. The van der Waals surface area contributed by atoms with E-state index in [4.69, 9.17) is 0 Å². The summed E-state index contributed by atoms with van der Waals surface area (Å²) in [5, 5.41) is 4.06. The maximum atomic E-state index is 10.4. The van der Waals surface area contributed by atoms with Crippen molar-refractivity contribution in [2.24, 2.45) is 7.05 Å². The van der Waals surface area contributed by atoms with E-state index in [0.29, 0.717) is 5.56 Å². The molecule has 0 saturated carbocycles. The van der Waals surface area contributed by atoms with Gasteiger partial charge in [-0.1, -0.05) is 0 Å². The summed E-state index contributed by atoms with van der Waals surface area (Å²) in [6.07, 6.45) is 8.58. The Balaban J connectivity index is 1.99. The Morgan fingerprint density at radius 1 is 1.53 bits per heavy atom. The number of imidazole rings is 1. The van der Waals surface area contributed by atoms with Crippen molar-refractivity contribution in [1.29, 1.82) is 0 Å². The van der Waals surface area contributed by atoms with Crippen molar-refractivity contribution in [1.82, 2.24) is 19.3 Å². The highest BCUT2D eigenvalue weighted by Gasteiger charge is 2.01. The quantitative estimate of drug-likeness (QED) is 0.688. The second kappa shape index (κ2) is 4.08. The highest BCUT2D eigenvalue weighted by Crippen LogP contribution is 1.99. The maximum absolute atomic E-state index is 10.4. The predicted octanol–water partition coefficient (Wildman–Crippen LogP) is 0.672. The molecule has 0 bridgehead atoms. The van der Waals surface area contributed by atoms with Crippen molar-refractivity contribution in [3.63, 3.8) is 0 Å². The van der Waals surface area contributed by atoms with E-state index in [2.05, 4.69) is 10.1 Å². The van der Waals surface area contributed by atoms with E-state index in [1.54, 1.807) is 23.3 Å². The molecule has 0 aromatic carbocycles. The molecule has 15 heavy (non-hydrogen) atoms. The zero-order valence-electron chi connectivity index (χ0n) is 8.50. The summed E-state index contributed by atoms with van der Waals surface area (Å²) in [6.45, 7) is 0.735. The third-order valence-corrected chi connectivity index (χ3v) is 2.27. The van der Waals surface area contributed by atoms with Gasteiger partial charge in [-0.15, -0.1) is 0 Å². The molecule has 5 heteroatoms. The summed E-state index contributed by atoms with van der Waals surface area (Å²) in [5.41, 5.74) is 0.606. The maximum Gasteiger partial charge on any atom is 0.153 e. The molecule has 2 heterocycles. The summed E-state index contributed by atoms with van der Waals surface area (Å²) in [4.78, 5) is 14.6. The fourth-order valence-electron chi connectivity index (χ4n) is 1.41. The lowest BCUT2D eigenvalue weighted by atomic mass is 10.4. The van der Waals surface area contributed by atoms with Gasteiger partial charge in [-0.05, 0) is 0 Å². The fourth-order valence-corrected chi connectivity index (χ4v) is 1.41. The van der Waals surface area contributed by atoms with Crippen LogP contribution in [-0.2, 0) is 20.0 Å². The van der Waals surface area contributed by atoms with E-state index in [9.17, 15) is 4.79 Å². The van der Waals surface area contributed by atoms with Gasteiger partial charge in [-0.2, -0.15) is 5.10 Å². The van der Waals surface area contributed by atoms with Crippen molar-refractivity contribution in [3.05, 3.63) is 36.2 Å². The van der Waals surface area contributed by atoms with Crippen LogP contribution in [0.3, 0.4) is 0 Å². The molecular weight excluding hydrogens is 192 g/mol. The molecule has 0 aliphatic carbocycles. The highest BCUT2D eigenvalue weighted by atomic mass is 16.1. The molecule has 78 valence electrons. The third-order valence-electron chi connectivity index (χ3n) is 2.27. The topological polar surface area (TPSA) is 52.7 Å². The molecule has 0 aliphatic rings. The molecule has 0 fully saturated rings. The molecule has 0 atom stereocenters. The van der Waals surface area contributed by atoms with Gasteiger partial charge >= 0.3 is 0 Å². The lowest BCUT2D eigenvalue weighted by Crippen LogP contribution is -2.05. The van der Waals surface area contributed by atoms with Gasteiger partial charge in [0.2, 0.25) is 0 Å². The van der Waals surface area contributed by atoms with Crippen LogP contribution in [-0.4, -0.2) is 25.6 Å². The van der Waals surface area contributed by atoms with Crippen LogP contribution in [0.4, 0.5) is 0 Å². The lowest BCUT2D eigenvalue weighted by molar-refractivity contribution is 0.112. The summed E-state index contributed by atoms with van der Waals surface area (Å²) >= 11 is 0. The van der Waals surface area contributed by atoms with Crippen LogP contribution >= 0.6 is 0 Å². The van der Waals surface area contributed by atoms with Crippen LogP contribution in [0.15, 0.2) is 24.8 Å². The summed E-state index contributed by atoms with van der Waals surface area (Å²) in [7, 11) is 1.96. The average Bonchev–Trinajstić information content (AvgIpc) is 2.84. The van der Waals surface area contributed by atoms with Gasteiger partial charge < -0.3 is 4.57 Å². The first-order valence-corrected chi connectivity index (χ1v) is 4.73. The van der Waals surface area contributed by atoms with E-state index in [0.717, 1.165) is 25.1 Å². The molecule has 0 saturated heterocycles. The Labute approximate surface area is 87.4 Å². The molecule has 0 aliphatic heterocycles. The average molecular weight is 204 g/mol. The Bertz CT molecular complexity index is 457. The number of rotatable bonds is 4. The highest BCUT2D eigenvalue weighted by molar-refractivity contribution is 5.73. The number of carbonyl (C=O) groups is 1. The predicted molar refractivity (Wildman–Crippen MR) is 54.5 cm³/mol. The molecule has 0 unspecified atom stereocenters. The Kier molecular flexibility index (Phi) is 2.62. The minimum absolute atomic E-state index is 0.606. The van der Waals surface area contributed by atoms with Crippen molar-refractivity contribution in [3.8, 4) is 0 Å². The second-order valence-corrected chi connectivity index (χ2v) is 3.36. The van der Waals surface area contributed by atoms with E-state index in [1.165, 1.54) is 0 Å². The second-order valence-electron chi connectivity index (χ2n) is 3.36. The van der Waals surface area contributed by atoms with Crippen LogP contribution < -0.4 is 0 Å². The Hall–Kier alpha value is -1.91. The monoisotopic (exact) mass is 204 g/mol. The summed E-state index contributed by atoms with van der Waals surface area (Å²) in [5.74, 6) is 1.01.